The van der Waals surface area contributed by atoms with E-state index in [0.717, 1.165) is 16.8 Å². The van der Waals surface area contributed by atoms with E-state index in [1.165, 1.54) is 0 Å². The highest BCUT2D eigenvalue weighted by Gasteiger charge is 2.27. The first-order valence-corrected chi connectivity index (χ1v) is 8.23. The summed E-state index contributed by atoms with van der Waals surface area (Å²) in [6, 6.07) is 5.53. The molecule has 0 amide bonds. The van der Waals surface area contributed by atoms with Crippen LogP contribution in [0.3, 0.4) is 0 Å². The van der Waals surface area contributed by atoms with E-state index in [0.29, 0.717) is 28.7 Å². The maximum absolute atomic E-state index is 13.4. The lowest BCUT2D eigenvalue weighted by molar-refractivity contribution is 0.146. The monoisotopic (exact) mass is 365 g/mol. The van der Waals surface area contributed by atoms with E-state index in [1.54, 1.807) is 31.6 Å². The number of fused-ring (bicyclic) bond motifs is 5. The van der Waals surface area contributed by atoms with Gasteiger partial charge < -0.3 is 10.3 Å². The fraction of sp³-hybridized carbons (Fsp3) is 0.111. The lowest BCUT2D eigenvalue weighted by Gasteiger charge is -2.08. The number of hydrogen-bond donors (Lipinski definition) is 3. The maximum Gasteiger partial charge on any atom is 0.282 e. The number of rotatable bonds is 2. The molecule has 134 valence electrons. The normalized spacial score (nSPS) is 12.1. The van der Waals surface area contributed by atoms with Gasteiger partial charge in [0.2, 0.25) is 0 Å². The van der Waals surface area contributed by atoms with Gasteiger partial charge in [0.05, 0.1) is 23.1 Å². The number of alkyl halides is 2. The Balaban J connectivity index is 1.81. The topological polar surface area (TPSA) is 95.2 Å². The second-order valence-electron chi connectivity index (χ2n) is 6.16. The fourth-order valence-corrected chi connectivity index (χ4v) is 3.32. The zero-order chi connectivity index (χ0) is 18.5. The molecule has 9 heteroatoms. The summed E-state index contributed by atoms with van der Waals surface area (Å²) in [5, 5.41) is 9.62. The van der Waals surface area contributed by atoms with E-state index >= 15 is 0 Å². The molecule has 4 aromatic heterocycles. The van der Waals surface area contributed by atoms with E-state index in [9.17, 15) is 8.78 Å². The first kappa shape index (κ1) is 15.6. The standard InChI is InChI=1S/C18H13F2N7/c1-8-12(15(16(19)20)27-26-8)18-24-13-9-4-6-21-7-11(9)23-17-10(14(13)25-18)3-2-5-22-17/h2-7,16H,1H3,(H,22,23)(H,24,25)(H,26,27). The third kappa shape index (κ3) is 2.31. The summed E-state index contributed by atoms with van der Waals surface area (Å²) < 4.78 is 26.8. The van der Waals surface area contributed by atoms with E-state index in [2.05, 4.69) is 35.5 Å². The molecular weight excluding hydrogens is 352 g/mol. The van der Waals surface area contributed by atoms with E-state index in [4.69, 9.17) is 0 Å². The average molecular weight is 365 g/mol. The van der Waals surface area contributed by atoms with Crippen molar-refractivity contribution in [3.05, 3.63) is 48.2 Å². The van der Waals surface area contributed by atoms with Crippen LogP contribution in [-0.2, 0) is 0 Å². The minimum Gasteiger partial charge on any atom is -0.338 e. The maximum atomic E-state index is 13.4. The third-order valence-electron chi connectivity index (χ3n) is 4.53. The summed E-state index contributed by atoms with van der Waals surface area (Å²) in [7, 11) is 0. The molecule has 1 aliphatic rings. The highest BCUT2D eigenvalue weighted by atomic mass is 19.3. The molecule has 0 saturated carbocycles. The van der Waals surface area contributed by atoms with Gasteiger partial charge in [0, 0.05) is 29.2 Å². The van der Waals surface area contributed by atoms with Crippen molar-refractivity contribution in [3.63, 3.8) is 0 Å². The average Bonchev–Trinajstić information content (AvgIpc) is 3.23. The molecule has 0 saturated heterocycles. The van der Waals surface area contributed by atoms with Crippen molar-refractivity contribution in [3.8, 4) is 33.9 Å². The first-order valence-electron chi connectivity index (χ1n) is 8.23. The van der Waals surface area contributed by atoms with Crippen LogP contribution < -0.4 is 5.32 Å². The molecule has 0 aromatic carbocycles. The predicted molar refractivity (Wildman–Crippen MR) is 95.6 cm³/mol. The molecule has 3 N–H and O–H groups in total. The Morgan fingerprint density at radius 3 is 2.85 bits per heavy atom. The van der Waals surface area contributed by atoms with Gasteiger partial charge in [-0.15, -0.1) is 0 Å². The number of nitrogens with one attached hydrogen (secondary N) is 3. The number of halogens is 2. The number of H-pyrrole nitrogens is 2. The summed E-state index contributed by atoms with van der Waals surface area (Å²) in [5.41, 5.74) is 4.18. The summed E-state index contributed by atoms with van der Waals surface area (Å²) in [5.74, 6) is 0.961. The lowest BCUT2D eigenvalue weighted by Crippen LogP contribution is -1.96. The van der Waals surface area contributed by atoms with Crippen molar-refractivity contribution in [1.82, 2.24) is 30.1 Å². The SMILES string of the molecule is Cc1[nH]nc(C(F)F)c1-c1nc2c([nH]1)-c1ccncc1Nc1ncccc1-2. The third-order valence-corrected chi connectivity index (χ3v) is 4.53. The van der Waals surface area contributed by atoms with Gasteiger partial charge in [0.15, 0.2) is 0 Å². The molecule has 1 aliphatic heterocycles. The van der Waals surface area contributed by atoms with E-state index in [1.807, 2.05) is 12.1 Å². The van der Waals surface area contributed by atoms with Crippen molar-refractivity contribution in [2.75, 3.05) is 5.32 Å². The van der Waals surface area contributed by atoms with Gasteiger partial charge in [-0.2, -0.15) is 5.10 Å². The molecule has 27 heavy (non-hydrogen) atoms. The largest absolute Gasteiger partial charge is 0.338 e. The number of aryl methyl sites for hydroxylation is 1. The van der Waals surface area contributed by atoms with Crippen LogP contribution in [0.2, 0.25) is 0 Å². The summed E-state index contributed by atoms with van der Waals surface area (Å²) in [6.07, 6.45) is 2.33. The zero-order valence-electron chi connectivity index (χ0n) is 14.1. The highest BCUT2D eigenvalue weighted by molar-refractivity contribution is 5.95. The smallest absolute Gasteiger partial charge is 0.282 e. The Hall–Kier alpha value is -3.62. The summed E-state index contributed by atoms with van der Waals surface area (Å²) in [4.78, 5) is 16.4. The molecule has 0 bridgehead atoms. The number of imidazole rings is 1. The molecule has 0 atom stereocenters. The fourth-order valence-electron chi connectivity index (χ4n) is 3.32. The second-order valence-corrected chi connectivity index (χ2v) is 6.16. The lowest BCUT2D eigenvalue weighted by atomic mass is 10.1. The summed E-state index contributed by atoms with van der Waals surface area (Å²) >= 11 is 0. The number of hydrogen-bond acceptors (Lipinski definition) is 5. The Morgan fingerprint density at radius 2 is 2.00 bits per heavy atom. The van der Waals surface area contributed by atoms with Crippen LogP contribution in [0.4, 0.5) is 20.3 Å². The zero-order valence-corrected chi connectivity index (χ0v) is 14.1. The molecule has 0 unspecified atom stereocenters. The minimum atomic E-state index is -2.71. The van der Waals surface area contributed by atoms with Crippen molar-refractivity contribution < 1.29 is 8.78 Å². The summed E-state index contributed by atoms with van der Waals surface area (Å²) in [6.45, 7) is 1.69. The molecule has 4 aromatic rings. The van der Waals surface area contributed by atoms with Crippen LogP contribution in [0.25, 0.3) is 33.9 Å². The second kappa shape index (κ2) is 5.70. The van der Waals surface area contributed by atoms with E-state index < -0.39 is 6.43 Å². The van der Waals surface area contributed by atoms with Crippen LogP contribution >= 0.6 is 0 Å². The van der Waals surface area contributed by atoms with Gasteiger partial charge >= 0.3 is 0 Å². The Bertz CT molecular complexity index is 1100. The van der Waals surface area contributed by atoms with Crippen molar-refractivity contribution in [2.45, 2.75) is 13.3 Å². The Kier molecular flexibility index (Phi) is 3.30. The van der Waals surface area contributed by atoms with Gasteiger partial charge in [-0.25, -0.2) is 18.7 Å². The molecule has 5 heterocycles. The molecule has 0 fully saturated rings. The Morgan fingerprint density at radius 1 is 1.11 bits per heavy atom. The van der Waals surface area contributed by atoms with Crippen LogP contribution in [0.15, 0.2) is 36.8 Å². The molecular formula is C18H13F2N7. The van der Waals surface area contributed by atoms with Crippen molar-refractivity contribution in [1.29, 1.82) is 0 Å². The number of pyridine rings is 2. The van der Waals surface area contributed by atoms with Crippen LogP contribution in [0.5, 0.6) is 0 Å². The van der Waals surface area contributed by atoms with Crippen LogP contribution in [0, 0.1) is 6.92 Å². The van der Waals surface area contributed by atoms with Crippen LogP contribution in [0.1, 0.15) is 17.8 Å². The molecule has 5 rings (SSSR count). The number of aromatic nitrogens is 6. The van der Waals surface area contributed by atoms with E-state index in [-0.39, 0.29) is 11.3 Å². The number of anilines is 2. The number of aromatic amines is 2. The Labute approximate surface area is 151 Å². The number of nitrogens with zero attached hydrogens (tertiary/aromatic N) is 4. The van der Waals surface area contributed by atoms with Crippen molar-refractivity contribution in [2.24, 2.45) is 0 Å². The van der Waals surface area contributed by atoms with Gasteiger partial charge in [0.1, 0.15) is 23.0 Å². The molecule has 0 radical (unpaired) electrons. The van der Waals surface area contributed by atoms with Gasteiger partial charge in [-0.05, 0) is 25.1 Å². The minimum absolute atomic E-state index is 0.284. The molecule has 7 nitrogen and oxygen atoms in total. The first-order chi connectivity index (χ1) is 13.1. The van der Waals surface area contributed by atoms with Crippen LogP contribution in [-0.4, -0.2) is 30.1 Å². The quantitative estimate of drug-likeness (QED) is 0.435. The van der Waals surface area contributed by atoms with Crippen molar-refractivity contribution >= 4 is 11.5 Å². The van der Waals surface area contributed by atoms with Gasteiger partial charge in [-0.1, -0.05) is 0 Å². The molecule has 0 aliphatic carbocycles. The predicted octanol–water partition coefficient (Wildman–Crippen LogP) is 4.23. The highest BCUT2D eigenvalue weighted by Crippen LogP contribution is 2.43. The van der Waals surface area contributed by atoms with Gasteiger partial charge in [0.25, 0.3) is 6.43 Å². The van der Waals surface area contributed by atoms with Gasteiger partial charge in [-0.3, -0.25) is 10.1 Å². The molecule has 0 spiro atoms.